The van der Waals surface area contributed by atoms with Crippen molar-refractivity contribution in [3.05, 3.63) is 12.2 Å². The normalized spacial score (nSPS) is 31.2. The Kier molecular flexibility index (Phi) is 4.33. The highest BCUT2D eigenvalue weighted by Crippen LogP contribution is 2.06. The Morgan fingerprint density at radius 2 is 2.33 bits per heavy atom. The number of hydrogen-bond acceptors (Lipinski definition) is 2. The molecule has 70 valence electrons. The fourth-order valence-electron chi connectivity index (χ4n) is 1.53. The van der Waals surface area contributed by atoms with E-state index in [-0.39, 0.29) is 0 Å². The summed E-state index contributed by atoms with van der Waals surface area (Å²) in [6.45, 7) is 6.45. The number of nitrogens with one attached hydrogen (secondary N) is 2. The highest BCUT2D eigenvalue weighted by Gasteiger charge is 2.15. The monoisotopic (exact) mass is 168 g/mol. The van der Waals surface area contributed by atoms with E-state index < -0.39 is 0 Å². The number of allylic oxidation sites excluding steroid dienone is 1. The van der Waals surface area contributed by atoms with E-state index in [1.807, 2.05) is 0 Å². The van der Waals surface area contributed by atoms with Gasteiger partial charge in [-0.2, -0.15) is 0 Å². The van der Waals surface area contributed by atoms with Gasteiger partial charge in [-0.3, -0.25) is 0 Å². The highest BCUT2D eigenvalue weighted by molar-refractivity contribution is 4.85. The van der Waals surface area contributed by atoms with Crippen molar-refractivity contribution >= 4 is 0 Å². The molecule has 0 aromatic rings. The summed E-state index contributed by atoms with van der Waals surface area (Å²) in [5.41, 5.74) is 0. The van der Waals surface area contributed by atoms with Crippen molar-refractivity contribution in [1.82, 2.24) is 10.6 Å². The molecule has 1 heterocycles. The summed E-state index contributed by atoms with van der Waals surface area (Å²) in [5.74, 6) is 0. The lowest BCUT2D eigenvalue weighted by molar-refractivity contribution is 0.346. The van der Waals surface area contributed by atoms with Crippen molar-refractivity contribution in [3.8, 4) is 0 Å². The second-order valence-corrected chi connectivity index (χ2v) is 3.56. The van der Waals surface area contributed by atoms with Crippen LogP contribution in [0, 0.1) is 0 Å². The van der Waals surface area contributed by atoms with E-state index in [0.29, 0.717) is 12.1 Å². The number of rotatable bonds is 3. The van der Waals surface area contributed by atoms with Crippen molar-refractivity contribution in [1.29, 1.82) is 0 Å². The minimum Gasteiger partial charge on any atom is -0.313 e. The lowest BCUT2D eigenvalue weighted by Crippen LogP contribution is -2.46. The molecule has 2 heteroatoms. The second-order valence-electron chi connectivity index (χ2n) is 3.56. The second kappa shape index (κ2) is 5.33. The maximum absolute atomic E-state index is 3.49. The molecule has 0 bridgehead atoms. The van der Waals surface area contributed by atoms with E-state index in [2.05, 4.69) is 36.6 Å². The molecule has 1 aliphatic heterocycles. The van der Waals surface area contributed by atoms with Crippen LogP contribution in [0.5, 0.6) is 0 Å². The van der Waals surface area contributed by atoms with Gasteiger partial charge in [-0.15, -0.1) is 0 Å². The molecule has 0 aromatic carbocycles. The third kappa shape index (κ3) is 3.37. The SMILES string of the molecule is C/C=C/CNC1CCC(C)NC1. The van der Waals surface area contributed by atoms with Crippen LogP contribution in [-0.2, 0) is 0 Å². The molecule has 1 fully saturated rings. The van der Waals surface area contributed by atoms with E-state index in [1.165, 1.54) is 12.8 Å². The standard InChI is InChI=1S/C10H20N2/c1-3-4-7-11-10-6-5-9(2)12-8-10/h3-4,9-12H,5-8H2,1-2H3/b4-3+. The van der Waals surface area contributed by atoms with E-state index in [0.717, 1.165) is 13.1 Å². The molecule has 0 amide bonds. The third-order valence-corrected chi connectivity index (χ3v) is 2.42. The molecule has 1 aliphatic rings. The van der Waals surface area contributed by atoms with Crippen LogP contribution in [0.25, 0.3) is 0 Å². The summed E-state index contributed by atoms with van der Waals surface area (Å²) in [5, 5.41) is 6.97. The summed E-state index contributed by atoms with van der Waals surface area (Å²) in [6.07, 6.45) is 6.86. The van der Waals surface area contributed by atoms with Crippen LogP contribution in [0.3, 0.4) is 0 Å². The molecular weight excluding hydrogens is 148 g/mol. The minimum absolute atomic E-state index is 0.678. The quantitative estimate of drug-likeness (QED) is 0.621. The first-order valence-corrected chi connectivity index (χ1v) is 4.91. The van der Waals surface area contributed by atoms with Crippen molar-refractivity contribution in [2.24, 2.45) is 0 Å². The largest absolute Gasteiger partial charge is 0.313 e. The van der Waals surface area contributed by atoms with Gasteiger partial charge >= 0.3 is 0 Å². The van der Waals surface area contributed by atoms with Gasteiger partial charge in [0.25, 0.3) is 0 Å². The lowest BCUT2D eigenvalue weighted by atomic mass is 10.0. The first-order chi connectivity index (χ1) is 5.83. The Balaban J connectivity index is 2.09. The molecule has 2 nitrogen and oxygen atoms in total. The molecular formula is C10H20N2. The average molecular weight is 168 g/mol. The average Bonchev–Trinajstić information content (AvgIpc) is 2.09. The van der Waals surface area contributed by atoms with Crippen LogP contribution in [-0.4, -0.2) is 25.2 Å². The van der Waals surface area contributed by atoms with E-state index in [1.54, 1.807) is 0 Å². The highest BCUT2D eigenvalue weighted by atomic mass is 15.0. The summed E-state index contributed by atoms with van der Waals surface area (Å²) < 4.78 is 0. The zero-order chi connectivity index (χ0) is 8.81. The molecule has 1 saturated heterocycles. The Labute approximate surface area is 75.4 Å². The van der Waals surface area contributed by atoms with Crippen LogP contribution in [0.1, 0.15) is 26.7 Å². The van der Waals surface area contributed by atoms with Crippen LogP contribution < -0.4 is 10.6 Å². The van der Waals surface area contributed by atoms with Gasteiger partial charge in [0, 0.05) is 25.2 Å². The van der Waals surface area contributed by atoms with E-state index >= 15 is 0 Å². The molecule has 2 atom stereocenters. The third-order valence-electron chi connectivity index (χ3n) is 2.42. The van der Waals surface area contributed by atoms with Crippen LogP contribution in [0.15, 0.2) is 12.2 Å². The number of hydrogen-bond donors (Lipinski definition) is 2. The topological polar surface area (TPSA) is 24.1 Å². The molecule has 1 rings (SSSR count). The van der Waals surface area contributed by atoms with Crippen molar-refractivity contribution in [2.75, 3.05) is 13.1 Å². The van der Waals surface area contributed by atoms with Gasteiger partial charge < -0.3 is 10.6 Å². The molecule has 2 N–H and O–H groups in total. The predicted octanol–water partition coefficient (Wildman–Crippen LogP) is 1.29. The van der Waals surface area contributed by atoms with Gasteiger partial charge in [0.15, 0.2) is 0 Å². The Hall–Kier alpha value is -0.340. The van der Waals surface area contributed by atoms with E-state index in [4.69, 9.17) is 0 Å². The zero-order valence-electron chi connectivity index (χ0n) is 8.14. The first kappa shape index (κ1) is 9.75. The Bertz CT molecular complexity index is 135. The smallest absolute Gasteiger partial charge is 0.0196 e. The fraction of sp³-hybridized carbons (Fsp3) is 0.800. The maximum atomic E-state index is 3.49. The number of piperidine rings is 1. The molecule has 12 heavy (non-hydrogen) atoms. The van der Waals surface area contributed by atoms with Crippen LogP contribution >= 0.6 is 0 Å². The predicted molar refractivity (Wildman–Crippen MR) is 53.3 cm³/mol. The summed E-state index contributed by atoms with van der Waals surface area (Å²) >= 11 is 0. The van der Waals surface area contributed by atoms with Gasteiger partial charge in [-0.25, -0.2) is 0 Å². The molecule has 0 saturated carbocycles. The fourth-order valence-corrected chi connectivity index (χ4v) is 1.53. The Morgan fingerprint density at radius 3 is 2.92 bits per heavy atom. The lowest BCUT2D eigenvalue weighted by Gasteiger charge is -2.28. The first-order valence-electron chi connectivity index (χ1n) is 4.91. The maximum Gasteiger partial charge on any atom is 0.0196 e. The molecule has 0 aromatic heterocycles. The molecule has 0 aliphatic carbocycles. The Morgan fingerprint density at radius 1 is 1.50 bits per heavy atom. The van der Waals surface area contributed by atoms with Crippen molar-refractivity contribution in [3.63, 3.8) is 0 Å². The van der Waals surface area contributed by atoms with Gasteiger partial charge in [-0.1, -0.05) is 12.2 Å². The van der Waals surface area contributed by atoms with E-state index in [9.17, 15) is 0 Å². The summed E-state index contributed by atoms with van der Waals surface area (Å²) in [7, 11) is 0. The molecule has 2 unspecified atom stereocenters. The summed E-state index contributed by atoms with van der Waals surface area (Å²) in [4.78, 5) is 0. The van der Waals surface area contributed by atoms with Crippen LogP contribution in [0.2, 0.25) is 0 Å². The van der Waals surface area contributed by atoms with Gasteiger partial charge in [0.05, 0.1) is 0 Å². The van der Waals surface area contributed by atoms with Gasteiger partial charge in [0.2, 0.25) is 0 Å². The molecule has 0 spiro atoms. The van der Waals surface area contributed by atoms with Gasteiger partial charge in [-0.05, 0) is 26.7 Å². The minimum atomic E-state index is 0.678. The summed E-state index contributed by atoms with van der Waals surface area (Å²) in [6, 6.07) is 1.39. The zero-order valence-corrected chi connectivity index (χ0v) is 8.14. The molecule has 0 radical (unpaired) electrons. The van der Waals surface area contributed by atoms with Gasteiger partial charge in [0.1, 0.15) is 0 Å². The van der Waals surface area contributed by atoms with Crippen LogP contribution in [0.4, 0.5) is 0 Å². The van der Waals surface area contributed by atoms with Crippen molar-refractivity contribution in [2.45, 2.75) is 38.8 Å². The van der Waals surface area contributed by atoms with Crippen molar-refractivity contribution < 1.29 is 0 Å².